The van der Waals surface area contributed by atoms with Gasteiger partial charge < -0.3 is 9.73 Å². The van der Waals surface area contributed by atoms with E-state index in [2.05, 4.69) is 33.5 Å². The molecule has 0 fully saturated rings. The minimum absolute atomic E-state index is 0.557. The van der Waals surface area contributed by atoms with Crippen molar-refractivity contribution in [3.8, 4) is 11.5 Å². The number of benzene rings is 2. The van der Waals surface area contributed by atoms with Crippen molar-refractivity contribution >= 4 is 16.6 Å². The largest absolute Gasteiger partial charge is 0.421 e. The van der Waals surface area contributed by atoms with Gasteiger partial charge in [0.2, 0.25) is 11.8 Å². The van der Waals surface area contributed by atoms with Gasteiger partial charge in [-0.15, -0.1) is 10.2 Å². The van der Waals surface area contributed by atoms with Crippen molar-refractivity contribution in [3.63, 3.8) is 0 Å². The predicted octanol–water partition coefficient (Wildman–Crippen LogP) is 4.25. The fraction of sp³-hybridized carbons (Fsp3) is 0.150. The van der Waals surface area contributed by atoms with Gasteiger partial charge in [0, 0.05) is 35.8 Å². The normalized spacial score (nSPS) is 10.9. The average molecular weight is 330 g/mol. The quantitative estimate of drug-likeness (QED) is 0.593. The second-order valence-corrected chi connectivity index (χ2v) is 5.88. The van der Waals surface area contributed by atoms with E-state index in [1.54, 1.807) is 0 Å². The topological polar surface area (TPSA) is 63.8 Å². The Balaban J connectivity index is 1.47. The Morgan fingerprint density at radius 2 is 1.76 bits per heavy atom. The number of aryl methyl sites for hydroxylation is 1. The zero-order valence-electron chi connectivity index (χ0n) is 13.9. The fourth-order valence-corrected chi connectivity index (χ4v) is 2.82. The van der Waals surface area contributed by atoms with E-state index >= 15 is 0 Å². The molecule has 2 aromatic heterocycles. The Bertz CT molecular complexity index is 995. The summed E-state index contributed by atoms with van der Waals surface area (Å²) in [5.74, 6) is 1.18. The minimum Gasteiger partial charge on any atom is -0.421 e. The van der Waals surface area contributed by atoms with E-state index in [0.29, 0.717) is 24.7 Å². The molecule has 0 atom stereocenters. The van der Waals surface area contributed by atoms with E-state index in [-0.39, 0.29) is 0 Å². The molecule has 2 aromatic carbocycles. The van der Waals surface area contributed by atoms with E-state index in [0.717, 1.165) is 27.7 Å². The Kier molecular flexibility index (Phi) is 4.12. The maximum atomic E-state index is 5.75. The number of nitrogens with zero attached hydrogens (tertiary/aromatic N) is 3. The van der Waals surface area contributed by atoms with E-state index < -0.39 is 0 Å². The highest BCUT2D eigenvalue weighted by atomic mass is 16.4. The SMILES string of the molecule is Cc1cnc2ccccc2c1NCCc1nnc(-c2ccccc2)o1. The molecule has 25 heavy (non-hydrogen) atoms. The van der Waals surface area contributed by atoms with Crippen molar-refractivity contribution in [2.24, 2.45) is 0 Å². The molecule has 0 radical (unpaired) electrons. The van der Waals surface area contributed by atoms with Gasteiger partial charge in [-0.2, -0.15) is 0 Å². The molecule has 0 bridgehead atoms. The zero-order valence-corrected chi connectivity index (χ0v) is 13.9. The van der Waals surface area contributed by atoms with Gasteiger partial charge in [0.25, 0.3) is 0 Å². The molecule has 5 nitrogen and oxygen atoms in total. The van der Waals surface area contributed by atoms with Crippen molar-refractivity contribution in [2.45, 2.75) is 13.3 Å². The van der Waals surface area contributed by atoms with Gasteiger partial charge in [0.05, 0.1) is 5.52 Å². The molecule has 0 saturated heterocycles. The molecule has 2 heterocycles. The van der Waals surface area contributed by atoms with Crippen molar-refractivity contribution in [2.75, 3.05) is 11.9 Å². The van der Waals surface area contributed by atoms with Crippen molar-refractivity contribution in [1.29, 1.82) is 0 Å². The summed E-state index contributed by atoms with van der Waals surface area (Å²) >= 11 is 0. The summed E-state index contributed by atoms with van der Waals surface area (Å²) in [5, 5.41) is 12.9. The molecule has 0 amide bonds. The first-order chi connectivity index (χ1) is 12.3. The Morgan fingerprint density at radius 3 is 2.64 bits per heavy atom. The van der Waals surface area contributed by atoms with Crippen LogP contribution in [-0.4, -0.2) is 21.7 Å². The lowest BCUT2D eigenvalue weighted by molar-refractivity contribution is 0.509. The van der Waals surface area contributed by atoms with Crippen LogP contribution in [0.3, 0.4) is 0 Å². The van der Waals surface area contributed by atoms with Crippen LogP contribution in [0.25, 0.3) is 22.4 Å². The number of fused-ring (bicyclic) bond motifs is 1. The highest BCUT2D eigenvalue weighted by molar-refractivity contribution is 5.92. The third-order valence-electron chi connectivity index (χ3n) is 4.09. The first kappa shape index (κ1) is 15.3. The first-order valence-corrected chi connectivity index (χ1v) is 8.27. The molecule has 4 aromatic rings. The Morgan fingerprint density at radius 1 is 0.960 bits per heavy atom. The van der Waals surface area contributed by atoms with Crippen molar-refractivity contribution < 1.29 is 4.42 Å². The lowest BCUT2D eigenvalue weighted by Crippen LogP contribution is -2.07. The molecule has 0 aliphatic rings. The summed E-state index contributed by atoms with van der Waals surface area (Å²) in [7, 11) is 0. The molecule has 1 N–H and O–H groups in total. The smallest absolute Gasteiger partial charge is 0.247 e. The Labute approximate surface area is 145 Å². The Hall–Kier alpha value is -3.21. The van der Waals surface area contributed by atoms with Gasteiger partial charge in [-0.05, 0) is 30.7 Å². The van der Waals surface area contributed by atoms with Gasteiger partial charge in [-0.3, -0.25) is 4.98 Å². The van der Waals surface area contributed by atoms with Crippen LogP contribution in [0.2, 0.25) is 0 Å². The van der Waals surface area contributed by atoms with E-state index in [1.165, 1.54) is 0 Å². The van der Waals surface area contributed by atoms with E-state index in [1.807, 2.05) is 54.7 Å². The number of rotatable bonds is 5. The van der Waals surface area contributed by atoms with Gasteiger partial charge in [0.15, 0.2) is 0 Å². The zero-order chi connectivity index (χ0) is 17.1. The lowest BCUT2D eigenvalue weighted by atomic mass is 10.1. The van der Waals surface area contributed by atoms with Crippen LogP contribution in [-0.2, 0) is 6.42 Å². The molecular weight excluding hydrogens is 312 g/mol. The van der Waals surface area contributed by atoms with Gasteiger partial charge >= 0.3 is 0 Å². The molecular formula is C20H18N4O. The second kappa shape index (κ2) is 6.73. The van der Waals surface area contributed by atoms with Crippen LogP contribution < -0.4 is 5.32 Å². The standard InChI is InChI=1S/C20H18N4O/c1-14-13-22-17-10-6-5-9-16(17)19(14)21-12-11-18-23-24-20(25-18)15-7-3-2-4-8-15/h2-10,13H,11-12H2,1H3,(H,21,22). The van der Waals surface area contributed by atoms with Gasteiger partial charge in [-0.25, -0.2) is 0 Å². The summed E-state index contributed by atoms with van der Waals surface area (Å²) in [6, 6.07) is 17.9. The van der Waals surface area contributed by atoms with Crippen LogP contribution in [0.5, 0.6) is 0 Å². The van der Waals surface area contributed by atoms with Crippen LogP contribution in [0, 0.1) is 6.92 Å². The van der Waals surface area contributed by atoms with Crippen LogP contribution in [0.15, 0.2) is 65.2 Å². The fourth-order valence-electron chi connectivity index (χ4n) is 2.82. The van der Waals surface area contributed by atoms with Crippen LogP contribution >= 0.6 is 0 Å². The summed E-state index contributed by atoms with van der Waals surface area (Å²) < 4.78 is 5.75. The summed E-state index contributed by atoms with van der Waals surface area (Å²) in [6.07, 6.45) is 2.56. The number of anilines is 1. The first-order valence-electron chi connectivity index (χ1n) is 8.27. The molecule has 0 aliphatic carbocycles. The molecule has 0 spiro atoms. The van der Waals surface area contributed by atoms with Crippen LogP contribution in [0.4, 0.5) is 5.69 Å². The maximum absolute atomic E-state index is 5.75. The number of hydrogen-bond acceptors (Lipinski definition) is 5. The molecule has 0 aliphatic heterocycles. The van der Waals surface area contributed by atoms with Crippen LogP contribution in [0.1, 0.15) is 11.5 Å². The number of nitrogens with one attached hydrogen (secondary N) is 1. The molecule has 0 unspecified atom stereocenters. The monoisotopic (exact) mass is 330 g/mol. The minimum atomic E-state index is 0.557. The number of hydrogen-bond donors (Lipinski definition) is 1. The van der Waals surface area contributed by atoms with E-state index in [4.69, 9.17) is 4.42 Å². The lowest BCUT2D eigenvalue weighted by Gasteiger charge is -2.11. The highest BCUT2D eigenvalue weighted by Crippen LogP contribution is 2.25. The highest BCUT2D eigenvalue weighted by Gasteiger charge is 2.09. The number of aromatic nitrogens is 3. The molecule has 124 valence electrons. The third kappa shape index (κ3) is 3.21. The van der Waals surface area contributed by atoms with Gasteiger partial charge in [0.1, 0.15) is 0 Å². The van der Waals surface area contributed by atoms with Gasteiger partial charge in [-0.1, -0.05) is 36.4 Å². The van der Waals surface area contributed by atoms with E-state index in [9.17, 15) is 0 Å². The summed E-state index contributed by atoms with van der Waals surface area (Å²) in [4.78, 5) is 4.46. The third-order valence-corrected chi connectivity index (χ3v) is 4.09. The summed E-state index contributed by atoms with van der Waals surface area (Å²) in [5.41, 5.74) is 4.15. The molecule has 4 rings (SSSR count). The predicted molar refractivity (Wildman–Crippen MR) is 98.4 cm³/mol. The summed E-state index contributed by atoms with van der Waals surface area (Å²) in [6.45, 7) is 2.77. The number of pyridine rings is 1. The number of para-hydroxylation sites is 1. The second-order valence-electron chi connectivity index (χ2n) is 5.88. The average Bonchev–Trinajstić information content (AvgIpc) is 3.13. The molecule has 5 heteroatoms. The van der Waals surface area contributed by atoms with Crippen molar-refractivity contribution in [3.05, 3.63) is 72.2 Å². The maximum Gasteiger partial charge on any atom is 0.247 e. The van der Waals surface area contributed by atoms with Crippen molar-refractivity contribution in [1.82, 2.24) is 15.2 Å². The molecule has 0 saturated carbocycles.